The summed E-state index contributed by atoms with van der Waals surface area (Å²) in [4.78, 5) is 12.5. The average molecular weight is 367 g/mol. The highest BCUT2D eigenvalue weighted by Gasteiger charge is 2.14. The van der Waals surface area contributed by atoms with Crippen LogP contribution >= 0.6 is 11.6 Å². The molecular formula is C20H12ClFN2O2. The van der Waals surface area contributed by atoms with E-state index in [1.807, 2.05) is 0 Å². The molecule has 0 aliphatic carbocycles. The summed E-state index contributed by atoms with van der Waals surface area (Å²) in [5.74, 6) is -0.128. The van der Waals surface area contributed by atoms with Gasteiger partial charge in [-0.25, -0.2) is 4.39 Å². The van der Waals surface area contributed by atoms with Crippen molar-refractivity contribution in [1.29, 1.82) is 0 Å². The van der Waals surface area contributed by atoms with Gasteiger partial charge in [0.25, 0.3) is 5.91 Å². The number of hydrogen-bond acceptors (Lipinski definition) is 3. The fourth-order valence-electron chi connectivity index (χ4n) is 2.66. The van der Waals surface area contributed by atoms with Gasteiger partial charge in [0.1, 0.15) is 11.3 Å². The zero-order chi connectivity index (χ0) is 18.1. The van der Waals surface area contributed by atoms with Crippen molar-refractivity contribution >= 4 is 34.1 Å². The lowest BCUT2D eigenvalue weighted by molar-refractivity contribution is 0.102. The summed E-state index contributed by atoms with van der Waals surface area (Å²) in [5, 5.41) is 8.01. The number of amides is 1. The molecule has 1 amide bonds. The second kappa shape index (κ2) is 6.61. The minimum absolute atomic E-state index is 0.277. The van der Waals surface area contributed by atoms with Crippen molar-refractivity contribution in [2.45, 2.75) is 0 Å². The summed E-state index contributed by atoms with van der Waals surface area (Å²) in [5.41, 5.74) is 2.35. The van der Waals surface area contributed by atoms with E-state index >= 15 is 0 Å². The van der Waals surface area contributed by atoms with E-state index in [4.69, 9.17) is 16.1 Å². The van der Waals surface area contributed by atoms with Gasteiger partial charge in [0.15, 0.2) is 5.76 Å². The van der Waals surface area contributed by atoms with E-state index < -0.39 is 0 Å². The van der Waals surface area contributed by atoms with Crippen molar-refractivity contribution in [1.82, 2.24) is 5.16 Å². The van der Waals surface area contributed by atoms with Crippen LogP contribution in [-0.4, -0.2) is 11.1 Å². The van der Waals surface area contributed by atoms with Crippen LogP contribution in [0.15, 0.2) is 71.3 Å². The maximum atomic E-state index is 13.1. The standard InChI is InChI=1S/C20H12ClFN2O2/c21-14-2-1-3-16(11-14)23-20(25)13-6-9-18-17(10-13)19(26-24-18)12-4-7-15(22)8-5-12/h1-11H,(H,23,25). The van der Waals surface area contributed by atoms with Gasteiger partial charge in [-0.05, 0) is 60.7 Å². The van der Waals surface area contributed by atoms with Crippen LogP contribution in [0.25, 0.3) is 22.2 Å². The van der Waals surface area contributed by atoms with Gasteiger partial charge in [0.2, 0.25) is 0 Å². The van der Waals surface area contributed by atoms with E-state index in [-0.39, 0.29) is 11.7 Å². The van der Waals surface area contributed by atoms with E-state index in [1.165, 1.54) is 12.1 Å². The number of carbonyl (C=O) groups is 1. The van der Waals surface area contributed by atoms with Crippen molar-refractivity contribution in [3.63, 3.8) is 0 Å². The summed E-state index contributed by atoms with van der Waals surface area (Å²) < 4.78 is 18.5. The Kier molecular flexibility index (Phi) is 4.14. The van der Waals surface area contributed by atoms with E-state index in [9.17, 15) is 9.18 Å². The third-order valence-electron chi connectivity index (χ3n) is 3.93. The number of halogens is 2. The lowest BCUT2D eigenvalue weighted by atomic mass is 10.1. The Morgan fingerprint density at radius 2 is 1.85 bits per heavy atom. The molecule has 0 bridgehead atoms. The van der Waals surface area contributed by atoms with Gasteiger partial charge in [0, 0.05) is 21.8 Å². The van der Waals surface area contributed by atoms with Crippen molar-refractivity contribution in [3.05, 3.63) is 83.1 Å². The first-order valence-electron chi connectivity index (χ1n) is 7.82. The Morgan fingerprint density at radius 1 is 1.04 bits per heavy atom. The second-order valence-electron chi connectivity index (χ2n) is 5.71. The highest BCUT2D eigenvalue weighted by molar-refractivity contribution is 6.31. The van der Waals surface area contributed by atoms with Gasteiger partial charge in [-0.15, -0.1) is 0 Å². The number of aromatic nitrogens is 1. The fourth-order valence-corrected chi connectivity index (χ4v) is 2.85. The Labute approximate surface area is 153 Å². The molecule has 0 radical (unpaired) electrons. The number of nitrogens with zero attached hydrogens (tertiary/aromatic N) is 1. The van der Waals surface area contributed by atoms with E-state index in [1.54, 1.807) is 54.6 Å². The van der Waals surface area contributed by atoms with E-state index in [0.717, 1.165) is 0 Å². The van der Waals surface area contributed by atoms with Gasteiger partial charge in [-0.3, -0.25) is 4.79 Å². The normalized spacial score (nSPS) is 10.8. The quantitative estimate of drug-likeness (QED) is 0.518. The van der Waals surface area contributed by atoms with Gasteiger partial charge in [-0.2, -0.15) is 0 Å². The summed E-state index contributed by atoms with van der Waals surface area (Å²) in [6, 6.07) is 17.9. The molecule has 0 aliphatic heterocycles. The SMILES string of the molecule is O=C(Nc1cccc(Cl)c1)c1ccc2noc(-c3ccc(F)cc3)c2c1. The second-order valence-corrected chi connectivity index (χ2v) is 6.15. The highest BCUT2D eigenvalue weighted by atomic mass is 35.5. The zero-order valence-corrected chi connectivity index (χ0v) is 14.1. The molecule has 6 heteroatoms. The third-order valence-corrected chi connectivity index (χ3v) is 4.16. The lowest BCUT2D eigenvalue weighted by Gasteiger charge is -2.06. The molecular weight excluding hydrogens is 355 g/mol. The van der Waals surface area contributed by atoms with E-state index in [0.29, 0.717) is 38.5 Å². The van der Waals surface area contributed by atoms with Crippen molar-refractivity contribution in [2.24, 2.45) is 0 Å². The number of fused-ring (bicyclic) bond motifs is 1. The first-order valence-corrected chi connectivity index (χ1v) is 8.20. The average Bonchev–Trinajstić information content (AvgIpc) is 3.05. The maximum absolute atomic E-state index is 13.1. The predicted octanol–water partition coefficient (Wildman–Crippen LogP) is 5.54. The third kappa shape index (κ3) is 3.17. The van der Waals surface area contributed by atoms with Crippen LogP contribution in [0.3, 0.4) is 0 Å². The molecule has 1 aromatic heterocycles. The largest absolute Gasteiger partial charge is 0.355 e. The molecule has 0 aliphatic rings. The molecule has 4 rings (SSSR count). The van der Waals surface area contributed by atoms with Crippen molar-refractivity contribution in [2.75, 3.05) is 5.32 Å². The topological polar surface area (TPSA) is 55.1 Å². The zero-order valence-electron chi connectivity index (χ0n) is 13.4. The number of carbonyl (C=O) groups excluding carboxylic acids is 1. The van der Waals surface area contributed by atoms with Crippen LogP contribution in [0.1, 0.15) is 10.4 Å². The summed E-state index contributed by atoms with van der Waals surface area (Å²) in [6.07, 6.45) is 0. The molecule has 128 valence electrons. The summed E-state index contributed by atoms with van der Waals surface area (Å²) >= 11 is 5.94. The monoisotopic (exact) mass is 366 g/mol. The molecule has 3 aromatic carbocycles. The van der Waals surface area contributed by atoms with Crippen LogP contribution in [0.4, 0.5) is 10.1 Å². The molecule has 0 saturated carbocycles. The number of anilines is 1. The van der Waals surface area contributed by atoms with Crippen LogP contribution < -0.4 is 5.32 Å². The van der Waals surface area contributed by atoms with Gasteiger partial charge < -0.3 is 9.84 Å². The lowest BCUT2D eigenvalue weighted by Crippen LogP contribution is -2.11. The number of nitrogens with one attached hydrogen (secondary N) is 1. The smallest absolute Gasteiger partial charge is 0.255 e. The van der Waals surface area contributed by atoms with E-state index in [2.05, 4.69) is 10.5 Å². The van der Waals surface area contributed by atoms with Crippen molar-refractivity contribution < 1.29 is 13.7 Å². The Bertz CT molecular complexity index is 1110. The first-order chi connectivity index (χ1) is 12.6. The summed E-state index contributed by atoms with van der Waals surface area (Å²) in [7, 11) is 0. The molecule has 0 unspecified atom stereocenters. The molecule has 1 heterocycles. The van der Waals surface area contributed by atoms with Gasteiger partial charge in [-0.1, -0.05) is 22.8 Å². The van der Waals surface area contributed by atoms with Crippen LogP contribution in [0.5, 0.6) is 0 Å². The maximum Gasteiger partial charge on any atom is 0.255 e. The first kappa shape index (κ1) is 16.3. The molecule has 0 saturated heterocycles. The molecule has 26 heavy (non-hydrogen) atoms. The number of rotatable bonds is 3. The predicted molar refractivity (Wildman–Crippen MR) is 98.8 cm³/mol. The highest BCUT2D eigenvalue weighted by Crippen LogP contribution is 2.29. The molecule has 0 fully saturated rings. The molecule has 0 spiro atoms. The van der Waals surface area contributed by atoms with Crippen LogP contribution in [0.2, 0.25) is 5.02 Å². The molecule has 0 atom stereocenters. The molecule has 4 nitrogen and oxygen atoms in total. The molecule has 1 N–H and O–H groups in total. The van der Waals surface area contributed by atoms with Gasteiger partial charge in [0.05, 0.1) is 5.39 Å². The minimum Gasteiger partial charge on any atom is -0.355 e. The Hall–Kier alpha value is -3.18. The summed E-state index contributed by atoms with van der Waals surface area (Å²) in [6.45, 7) is 0. The number of hydrogen-bond donors (Lipinski definition) is 1. The fraction of sp³-hybridized carbons (Fsp3) is 0. The van der Waals surface area contributed by atoms with Crippen molar-refractivity contribution in [3.8, 4) is 11.3 Å². The Morgan fingerprint density at radius 3 is 2.62 bits per heavy atom. The Balaban J connectivity index is 1.69. The number of benzene rings is 3. The van der Waals surface area contributed by atoms with Crippen LogP contribution in [-0.2, 0) is 0 Å². The van der Waals surface area contributed by atoms with Crippen LogP contribution in [0, 0.1) is 5.82 Å². The van der Waals surface area contributed by atoms with Gasteiger partial charge >= 0.3 is 0 Å². The minimum atomic E-state index is -0.334. The molecule has 4 aromatic rings.